The molecule has 0 saturated carbocycles. The Balaban J connectivity index is 2.35. The van der Waals surface area contributed by atoms with Crippen LogP contribution in [0.4, 0.5) is 14.5 Å². The summed E-state index contributed by atoms with van der Waals surface area (Å²) in [4.78, 5) is 25.4. The Morgan fingerprint density at radius 3 is 2.52 bits per heavy atom. The van der Waals surface area contributed by atoms with E-state index < -0.39 is 29.3 Å². The molecule has 9 heteroatoms. The van der Waals surface area contributed by atoms with Gasteiger partial charge in [0.05, 0.1) is 32.4 Å². The van der Waals surface area contributed by atoms with E-state index in [0.717, 1.165) is 19.2 Å². The number of carbonyl (C=O) groups excluding carboxylic acids is 2. The summed E-state index contributed by atoms with van der Waals surface area (Å²) in [6.07, 6.45) is 0. The van der Waals surface area contributed by atoms with Crippen molar-refractivity contribution >= 4 is 17.6 Å². The van der Waals surface area contributed by atoms with Crippen LogP contribution >= 0.6 is 0 Å². The molecule has 2 rings (SSSR count). The second-order valence-corrected chi connectivity index (χ2v) is 5.12. The quantitative estimate of drug-likeness (QED) is 0.710. The third-order valence-corrected chi connectivity index (χ3v) is 3.51. The normalized spacial score (nSPS) is 14.1. The van der Waals surface area contributed by atoms with E-state index in [1.165, 1.54) is 4.90 Å². The van der Waals surface area contributed by atoms with E-state index in [1.807, 2.05) is 0 Å². The maximum atomic E-state index is 13.9. The highest BCUT2D eigenvalue weighted by Crippen LogP contribution is 2.28. The van der Waals surface area contributed by atoms with Crippen molar-refractivity contribution in [2.75, 3.05) is 38.7 Å². The van der Waals surface area contributed by atoms with Gasteiger partial charge >= 0.3 is 5.97 Å². The van der Waals surface area contributed by atoms with Gasteiger partial charge < -0.3 is 24.8 Å². The lowest BCUT2D eigenvalue weighted by Gasteiger charge is -2.15. The minimum atomic E-state index is -0.942. The number of hydrogen-bond donors (Lipinski definition) is 2. The number of aliphatic hydroxyl groups is 1. The fourth-order valence-electron chi connectivity index (χ4n) is 2.41. The van der Waals surface area contributed by atoms with Gasteiger partial charge in [0.1, 0.15) is 5.70 Å². The Morgan fingerprint density at radius 1 is 1.36 bits per heavy atom. The molecule has 0 bridgehead atoms. The van der Waals surface area contributed by atoms with Gasteiger partial charge in [-0.2, -0.15) is 0 Å². The molecule has 0 unspecified atom stereocenters. The highest BCUT2D eigenvalue weighted by molar-refractivity contribution is 6.08. The molecule has 1 heterocycles. The topological polar surface area (TPSA) is 88.1 Å². The minimum absolute atomic E-state index is 0.00986. The van der Waals surface area contributed by atoms with Crippen molar-refractivity contribution in [2.45, 2.75) is 6.92 Å². The number of methoxy groups -OCH3 is 1. The largest absolute Gasteiger partial charge is 0.488 e. The molecule has 1 amide bonds. The predicted molar refractivity (Wildman–Crippen MR) is 83.9 cm³/mol. The zero-order chi connectivity index (χ0) is 18.6. The summed E-state index contributed by atoms with van der Waals surface area (Å²) in [5.41, 5.74) is -0.201. The fourth-order valence-corrected chi connectivity index (χ4v) is 2.41. The zero-order valence-corrected chi connectivity index (χ0v) is 13.8. The van der Waals surface area contributed by atoms with Crippen LogP contribution in [0.1, 0.15) is 6.92 Å². The van der Waals surface area contributed by atoms with Crippen LogP contribution in [0.15, 0.2) is 23.4 Å². The molecule has 1 aliphatic heterocycles. The third kappa shape index (κ3) is 3.87. The predicted octanol–water partition coefficient (Wildman–Crippen LogP) is 1.04. The van der Waals surface area contributed by atoms with Gasteiger partial charge in [-0.15, -0.1) is 0 Å². The van der Waals surface area contributed by atoms with E-state index in [1.54, 1.807) is 6.92 Å². The van der Waals surface area contributed by atoms with Crippen molar-refractivity contribution in [2.24, 2.45) is 0 Å². The second kappa shape index (κ2) is 7.93. The first kappa shape index (κ1) is 18.7. The number of halogens is 2. The summed E-state index contributed by atoms with van der Waals surface area (Å²) in [5, 5.41) is 11.6. The Kier molecular flexibility index (Phi) is 5.92. The van der Waals surface area contributed by atoms with E-state index in [2.05, 4.69) is 10.1 Å². The first-order chi connectivity index (χ1) is 11.9. The van der Waals surface area contributed by atoms with Gasteiger partial charge in [0.15, 0.2) is 17.4 Å². The number of carbonyl (C=O) groups is 2. The summed E-state index contributed by atoms with van der Waals surface area (Å²) in [6, 6.07) is 1.91. The number of aliphatic hydroxyl groups excluding tert-OH is 1. The highest BCUT2D eigenvalue weighted by atomic mass is 19.1. The molecule has 0 spiro atoms. The molecule has 25 heavy (non-hydrogen) atoms. The molecule has 0 atom stereocenters. The number of ether oxygens (including phenoxy) is 2. The van der Waals surface area contributed by atoms with E-state index in [9.17, 15) is 18.4 Å². The summed E-state index contributed by atoms with van der Waals surface area (Å²) in [6.45, 7) is 1.32. The molecule has 1 aliphatic rings. The molecule has 1 aromatic carbocycles. The Labute approximate surface area is 142 Å². The van der Waals surface area contributed by atoms with Crippen molar-refractivity contribution in [1.29, 1.82) is 0 Å². The summed E-state index contributed by atoms with van der Waals surface area (Å²) in [7, 11) is 1.16. The molecule has 0 aromatic heterocycles. The summed E-state index contributed by atoms with van der Waals surface area (Å²) in [5.74, 6) is -3.73. The van der Waals surface area contributed by atoms with Crippen molar-refractivity contribution < 1.29 is 33.0 Å². The molecule has 7 nitrogen and oxygen atoms in total. The van der Waals surface area contributed by atoms with E-state index in [-0.39, 0.29) is 43.3 Å². The first-order valence-corrected chi connectivity index (χ1v) is 7.53. The Bertz CT molecular complexity index is 697. The van der Waals surface area contributed by atoms with Gasteiger partial charge in [0, 0.05) is 24.4 Å². The molecule has 0 saturated heterocycles. The monoisotopic (exact) mass is 356 g/mol. The number of nitrogens with zero attached hydrogens (tertiary/aromatic N) is 1. The van der Waals surface area contributed by atoms with Crippen molar-refractivity contribution in [1.82, 2.24) is 4.90 Å². The maximum absolute atomic E-state index is 13.9. The number of β-amino-alcohol motifs (C(OH)–C–C–N with tert-alkyl or cyclic N) is 1. The van der Waals surface area contributed by atoms with Crippen LogP contribution in [0.2, 0.25) is 0 Å². The number of amides is 1. The first-order valence-electron chi connectivity index (χ1n) is 7.53. The van der Waals surface area contributed by atoms with Gasteiger partial charge in [0.25, 0.3) is 5.91 Å². The molecule has 0 aliphatic carbocycles. The smallest absolute Gasteiger partial charge is 0.337 e. The van der Waals surface area contributed by atoms with Crippen LogP contribution in [-0.2, 0) is 14.3 Å². The molecule has 0 radical (unpaired) electrons. The van der Waals surface area contributed by atoms with E-state index in [0.29, 0.717) is 0 Å². The highest BCUT2D eigenvalue weighted by Gasteiger charge is 2.34. The average Bonchev–Trinajstić information content (AvgIpc) is 2.87. The SMILES string of the molecule is CCOc1c(F)cc(NC2=C(C(=O)OC)CN(CCO)C2=O)cc1F. The van der Waals surface area contributed by atoms with Crippen LogP contribution in [-0.4, -0.2) is 55.3 Å². The lowest BCUT2D eigenvalue weighted by Crippen LogP contribution is -2.31. The van der Waals surface area contributed by atoms with Crippen LogP contribution in [0.25, 0.3) is 0 Å². The summed E-state index contributed by atoms with van der Waals surface area (Å²) >= 11 is 0. The zero-order valence-electron chi connectivity index (χ0n) is 13.8. The molecule has 0 fully saturated rings. The third-order valence-electron chi connectivity index (χ3n) is 3.51. The minimum Gasteiger partial charge on any atom is -0.488 e. The van der Waals surface area contributed by atoms with Gasteiger partial charge in [-0.3, -0.25) is 4.79 Å². The standard InChI is InChI=1S/C16H18F2N2O5/c1-3-25-14-11(17)6-9(7-12(14)18)19-13-10(16(23)24-2)8-20(4-5-21)15(13)22/h6-7,19,21H,3-5,8H2,1-2H3. The Morgan fingerprint density at radius 2 is 2.00 bits per heavy atom. The van der Waals surface area contributed by atoms with Crippen LogP contribution < -0.4 is 10.1 Å². The number of nitrogens with one attached hydrogen (secondary N) is 1. The van der Waals surface area contributed by atoms with Crippen molar-refractivity contribution in [3.8, 4) is 5.75 Å². The molecule has 1 aromatic rings. The molecule has 2 N–H and O–H groups in total. The lowest BCUT2D eigenvalue weighted by molar-refractivity contribution is -0.136. The number of rotatable bonds is 7. The fraction of sp³-hybridized carbons (Fsp3) is 0.375. The van der Waals surface area contributed by atoms with E-state index in [4.69, 9.17) is 9.84 Å². The number of hydrogen-bond acceptors (Lipinski definition) is 6. The van der Waals surface area contributed by atoms with Gasteiger partial charge in [-0.25, -0.2) is 13.6 Å². The number of esters is 1. The van der Waals surface area contributed by atoms with E-state index >= 15 is 0 Å². The van der Waals surface area contributed by atoms with Gasteiger partial charge in [-0.1, -0.05) is 0 Å². The second-order valence-electron chi connectivity index (χ2n) is 5.12. The van der Waals surface area contributed by atoms with Gasteiger partial charge in [-0.05, 0) is 6.92 Å². The van der Waals surface area contributed by atoms with Gasteiger partial charge in [0.2, 0.25) is 0 Å². The van der Waals surface area contributed by atoms with Crippen LogP contribution in [0.3, 0.4) is 0 Å². The lowest BCUT2D eigenvalue weighted by atomic mass is 10.2. The average molecular weight is 356 g/mol. The maximum Gasteiger partial charge on any atom is 0.337 e. The Hall–Kier alpha value is -2.68. The van der Waals surface area contributed by atoms with Crippen molar-refractivity contribution in [3.63, 3.8) is 0 Å². The van der Waals surface area contributed by atoms with Crippen LogP contribution in [0, 0.1) is 11.6 Å². The molecular weight excluding hydrogens is 338 g/mol. The number of anilines is 1. The van der Waals surface area contributed by atoms with Crippen molar-refractivity contribution in [3.05, 3.63) is 35.0 Å². The van der Waals surface area contributed by atoms with Crippen LogP contribution in [0.5, 0.6) is 5.75 Å². The molecular formula is C16H18F2N2O5. The summed E-state index contributed by atoms with van der Waals surface area (Å²) < 4.78 is 37.4. The molecule has 136 valence electrons. The number of benzene rings is 1.